The molecule has 1 aliphatic heterocycles. The Morgan fingerprint density at radius 1 is 1.04 bits per heavy atom. The zero-order chi connectivity index (χ0) is 17.3. The lowest BCUT2D eigenvalue weighted by Gasteiger charge is -2.17. The molecule has 1 saturated heterocycles. The number of hydrogen-bond acceptors (Lipinski definition) is 3. The van der Waals surface area contributed by atoms with Gasteiger partial charge in [-0.15, -0.1) is 0 Å². The summed E-state index contributed by atoms with van der Waals surface area (Å²) >= 11 is 0. The fourth-order valence-electron chi connectivity index (χ4n) is 2.59. The minimum absolute atomic E-state index is 0.269. The second-order valence-corrected chi connectivity index (χ2v) is 7.11. The molecule has 0 unspecified atom stereocenters. The van der Waals surface area contributed by atoms with E-state index in [1.165, 1.54) is 4.90 Å². The Kier molecular flexibility index (Phi) is 4.33. The van der Waals surface area contributed by atoms with Crippen LogP contribution in [0.15, 0.2) is 53.4 Å². The first kappa shape index (κ1) is 16.5. The number of amides is 1. The molecule has 0 aromatic heterocycles. The van der Waals surface area contributed by atoms with Gasteiger partial charge >= 0.3 is 0 Å². The summed E-state index contributed by atoms with van der Waals surface area (Å²) in [7, 11) is -4.20. The molecular formula is C16H14F2N2O3S. The van der Waals surface area contributed by atoms with Crippen LogP contribution in [0.25, 0.3) is 0 Å². The molecule has 126 valence electrons. The molecule has 1 N–H and O–H groups in total. The van der Waals surface area contributed by atoms with E-state index in [0.29, 0.717) is 30.4 Å². The number of nitrogens with one attached hydrogen (secondary N) is 1. The lowest BCUT2D eigenvalue weighted by Crippen LogP contribution is -2.41. The molecule has 0 aliphatic carbocycles. The Morgan fingerprint density at radius 2 is 1.67 bits per heavy atom. The number of sulfonamides is 1. The van der Waals surface area contributed by atoms with Crippen molar-refractivity contribution in [2.45, 2.75) is 17.4 Å². The fraction of sp³-hybridized carbons (Fsp3) is 0.188. The third-order valence-electron chi connectivity index (χ3n) is 3.72. The second kappa shape index (κ2) is 6.29. The largest absolute Gasteiger partial charge is 0.311 e. The average molecular weight is 352 g/mol. The van der Waals surface area contributed by atoms with Crippen LogP contribution in [0.1, 0.15) is 6.42 Å². The SMILES string of the molecule is O=C1[C@H](NS(=O)(=O)c2cc(F)cc(F)c2)CCN1c1ccccc1. The molecule has 5 nitrogen and oxygen atoms in total. The topological polar surface area (TPSA) is 66.5 Å². The van der Waals surface area contributed by atoms with E-state index in [1.54, 1.807) is 24.3 Å². The summed E-state index contributed by atoms with van der Waals surface area (Å²) in [6.45, 7) is 0.355. The molecule has 0 radical (unpaired) electrons. The van der Waals surface area contributed by atoms with E-state index in [-0.39, 0.29) is 6.42 Å². The predicted octanol–water partition coefficient (Wildman–Crippen LogP) is 2.05. The molecule has 0 bridgehead atoms. The Morgan fingerprint density at radius 3 is 2.29 bits per heavy atom. The number of anilines is 1. The van der Waals surface area contributed by atoms with Gasteiger partial charge in [0.25, 0.3) is 0 Å². The van der Waals surface area contributed by atoms with Crippen LogP contribution in [0.2, 0.25) is 0 Å². The van der Waals surface area contributed by atoms with Crippen LogP contribution in [-0.2, 0) is 14.8 Å². The Hall–Kier alpha value is -2.32. The number of carbonyl (C=O) groups excluding carboxylic acids is 1. The average Bonchev–Trinajstić information content (AvgIpc) is 2.88. The van der Waals surface area contributed by atoms with E-state index < -0.39 is 38.5 Å². The normalized spacial score (nSPS) is 18.2. The van der Waals surface area contributed by atoms with Crippen molar-refractivity contribution in [3.05, 3.63) is 60.2 Å². The van der Waals surface area contributed by atoms with Gasteiger partial charge in [0.2, 0.25) is 15.9 Å². The van der Waals surface area contributed by atoms with E-state index >= 15 is 0 Å². The van der Waals surface area contributed by atoms with E-state index in [1.807, 2.05) is 6.07 Å². The minimum Gasteiger partial charge on any atom is -0.311 e. The number of rotatable bonds is 4. The van der Waals surface area contributed by atoms with E-state index in [9.17, 15) is 22.0 Å². The minimum atomic E-state index is -4.20. The molecule has 2 aromatic rings. The molecule has 24 heavy (non-hydrogen) atoms. The van der Waals surface area contributed by atoms with Crippen LogP contribution < -0.4 is 9.62 Å². The van der Waals surface area contributed by atoms with Gasteiger partial charge in [0.15, 0.2) is 0 Å². The summed E-state index contributed by atoms with van der Waals surface area (Å²) in [5, 5.41) is 0. The van der Waals surface area contributed by atoms with Crippen LogP contribution >= 0.6 is 0 Å². The summed E-state index contributed by atoms with van der Waals surface area (Å²) in [5.41, 5.74) is 0.668. The van der Waals surface area contributed by atoms with Crippen molar-refractivity contribution in [1.29, 1.82) is 0 Å². The highest BCUT2D eigenvalue weighted by molar-refractivity contribution is 7.89. The lowest BCUT2D eigenvalue weighted by molar-refractivity contribution is -0.118. The third kappa shape index (κ3) is 3.29. The maximum atomic E-state index is 13.2. The maximum Gasteiger partial charge on any atom is 0.245 e. The van der Waals surface area contributed by atoms with Crippen LogP contribution in [0.3, 0.4) is 0 Å². The summed E-state index contributed by atoms with van der Waals surface area (Å²) in [6, 6.07) is 9.87. The predicted molar refractivity (Wildman–Crippen MR) is 83.9 cm³/mol. The van der Waals surface area contributed by atoms with Crippen LogP contribution in [0.4, 0.5) is 14.5 Å². The van der Waals surface area contributed by atoms with Gasteiger partial charge in [-0.2, -0.15) is 4.72 Å². The van der Waals surface area contributed by atoms with E-state index in [4.69, 9.17) is 0 Å². The summed E-state index contributed by atoms with van der Waals surface area (Å²) in [4.78, 5) is 13.3. The first-order chi connectivity index (χ1) is 11.4. The van der Waals surface area contributed by atoms with Gasteiger partial charge in [-0.05, 0) is 30.7 Å². The van der Waals surface area contributed by atoms with Gasteiger partial charge in [0.05, 0.1) is 4.90 Å². The van der Waals surface area contributed by atoms with Crippen molar-refractivity contribution >= 4 is 21.6 Å². The summed E-state index contributed by atoms with van der Waals surface area (Å²) < 4.78 is 53.2. The van der Waals surface area contributed by atoms with Crippen molar-refractivity contribution in [3.8, 4) is 0 Å². The second-order valence-electron chi connectivity index (χ2n) is 5.39. The lowest BCUT2D eigenvalue weighted by atomic mass is 10.3. The quantitative estimate of drug-likeness (QED) is 0.916. The number of benzene rings is 2. The number of para-hydroxylation sites is 1. The molecule has 1 heterocycles. The molecular weight excluding hydrogens is 338 g/mol. The van der Waals surface area contributed by atoms with Gasteiger partial charge in [0, 0.05) is 18.3 Å². The standard InChI is InChI=1S/C16H14F2N2O3S/c17-11-8-12(18)10-14(9-11)24(22,23)19-15-6-7-20(16(15)21)13-4-2-1-3-5-13/h1-5,8-10,15,19H,6-7H2/t15-/m1/s1. The van der Waals surface area contributed by atoms with E-state index in [2.05, 4.69) is 4.72 Å². The number of carbonyl (C=O) groups is 1. The maximum absolute atomic E-state index is 13.2. The summed E-state index contributed by atoms with van der Waals surface area (Å²) in [5.74, 6) is -2.40. The highest BCUT2D eigenvalue weighted by Crippen LogP contribution is 2.22. The van der Waals surface area contributed by atoms with Crippen LogP contribution in [0, 0.1) is 11.6 Å². The molecule has 1 fully saturated rings. The van der Waals surface area contributed by atoms with Gasteiger partial charge in [-0.1, -0.05) is 18.2 Å². The number of halogens is 2. The van der Waals surface area contributed by atoms with Crippen molar-refractivity contribution in [2.75, 3.05) is 11.4 Å². The third-order valence-corrected chi connectivity index (χ3v) is 5.17. The van der Waals surface area contributed by atoms with Gasteiger partial charge in [0.1, 0.15) is 17.7 Å². The number of nitrogens with zero attached hydrogens (tertiary/aromatic N) is 1. The van der Waals surface area contributed by atoms with Gasteiger partial charge in [-0.3, -0.25) is 4.79 Å². The molecule has 0 spiro atoms. The first-order valence-electron chi connectivity index (χ1n) is 7.22. The van der Waals surface area contributed by atoms with Gasteiger partial charge < -0.3 is 4.90 Å². The molecule has 1 aliphatic rings. The number of hydrogen-bond donors (Lipinski definition) is 1. The highest BCUT2D eigenvalue weighted by Gasteiger charge is 2.35. The Balaban J connectivity index is 1.80. The van der Waals surface area contributed by atoms with Gasteiger partial charge in [-0.25, -0.2) is 17.2 Å². The first-order valence-corrected chi connectivity index (χ1v) is 8.70. The van der Waals surface area contributed by atoms with Crippen LogP contribution in [0.5, 0.6) is 0 Å². The van der Waals surface area contributed by atoms with Crippen molar-refractivity contribution in [3.63, 3.8) is 0 Å². The zero-order valence-electron chi connectivity index (χ0n) is 12.4. The smallest absolute Gasteiger partial charge is 0.245 e. The summed E-state index contributed by atoms with van der Waals surface area (Å²) in [6.07, 6.45) is 0.269. The van der Waals surface area contributed by atoms with Crippen molar-refractivity contribution < 1.29 is 22.0 Å². The Labute approximate surface area is 138 Å². The molecule has 2 aromatic carbocycles. The van der Waals surface area contributed by atoms with Crippen molar-refractivity contribution in [1.82, 2.24) is 4.72 Å². The molecule has 0 saturated carbocycles. The molecule has 8 heteroatoms. The molecule has 3 rings (SSSR count). The zero-order valence-corrected chi connectivity index (χ0v) is 13.3. The molecule has 1 amide bonds. The molecule has 1 atom stereocenters. The van der Waals surface area contributed by atoms with Crippen molar-refractivity contribution in [2.24, 2.45) is 0 Å². The highest BCUT2D eigenvalue weighted by atomic mass is 32.2. The van der Waals surface area contributed by atoms with Crippen LogP contribution in [-0.4, -0.2) is 26.9 Å². The Bertz CT molecular complexity index is 852. The van der Waals surface area contributed by atoms with E-state index in [0.717, 1.165) is 0 Å². The monoisotopic (exact) mass is 352 g/mol. The fourth-order valence-corrected chi connectivity index (χ4v) is 3.86.